The van der Waals surface area contributed by atoms with Crippen molar-refractivity contribution in [2.45, 2.75) is 0 Å². The second-order valence-corrected chi connectivity index (χ2v) is 3.54. The van der Waals surface area contributed by atoms with Gasteiger partial charge in [-0.1, -0.05) is 6.07 Å². The van der Waals surface area contributed by atoms with Crippen LogP contribution < -0.4 is 5.46 Å². The number of halogens is 1. The van der Waals surface area contributed by atoms with Gasteiger partial charge in [0.25, 0.3) is 0 Å². The van der Waals surface area contributed by atoms with Gasteiger partial charge in [0.2, 0.25) is 5.95 Å². The van der Waals surface area contributed by atoms with Crippen molar-refractivity contribution in [1.82, 2.24) is 9.97 Å². The van der Waals surface area contributed by atoms with Gasteiger partial charge in [0, 0.05) is 10.8 Å². The van der Waals surface area contributed by atoms with E-state index in [0.717, 1.165) is 0 Å². The zero-order chi connectivity index (χ0) is 10.8. The molecule has 0 unspecified atom stereocenters. The molecule has 0 saturated heterocycles. The molecule has 0 amide bonds. The molecule has 0 aliphatic carbocycles. The Morgan fingerprint density at radius 1 is 1.27 bits per heavy atom. The fraction of sp³-hybridized carbons (Fsp3) is 0. The predicted octanol–water partition coefficient (Wildman–Crippen LogP) is 0.0240. The Morgan fingerprint density at radius 3 is 2.60 bits per heavy atom. The highest BCUT2D eigenvalue weighted by atomic mass is 32.1. The summed E-state index contributed by atoms with van der Waals surface area (Å²) in [5, 5.41) is 19.3. The molecule has 0 saturated carbocycles. The van der Waals surface area contributed by atoms with Crippen LogP contribution in [0, 0.1) is 5.95 Å². The van der Waals surface area contributed by atoms with Crippen LogP contribution in [0.15, 0.2) is 23.0 Å². The van der Waals surface area contributed by atoms with E-state index < -0.39 is 13.1 Å². The van der Waals surface area contributed by atoms with Crippen molar-refractivity contribution in [1.29, 1.82) is 0 Å². The third-order valence-corrected chi connectivity index (χ3v) is 2.44. The number of hydrogen-bond acceptors (Lipinski definition) is 5. The summed E-state index contributed by atoms with van der Waals surface area (Å²) < 4.78 is 13.2. The smallest absolute Gasteiger partial charge is 0.423 e. The molecule has 0 aromatic carbocycles. The van der Waals surface area contributed by atoms with Gasteiger partial charge in [-0.05, 0) is 6.07 Å². The Morgan fingerprint density at radius 2 is 2.07 bits per heavy atom. The van der Waals surface area contributed by atoms with Crippen molar-refractivity contribution in [3.05, 3.63) is 29.0 Å². The topological polar surface area (TPSA) is 66.2 Å². The molecule has 2 rings (SSSR count). The Kier molecular flexibility index (Phi) is 2.76. The minimum absolute atomic E-state index is 0.242. The van der Waals surface area contributed by atoms with Crippen molar-refractivity contribution in [2.24, 2.45) is 0 Å². The molecule has 0 fully saturated rings. The highest BCUT2D eigenvalue weighted by Crippen LogP contribution is 2.15. The lowest BCUT2D eigenvalue weighted by Crippen LogP contribution is -2.33. The third-order valence-electron chi connectivity index (χ3n) is 1.85. The standard InChI is InChI=1S/C8H6BFN2O2S/c10-8-5(9(13)14)1-2-6(12-8)7-3-15-4-11-7/h1-4,13-14H. The van der Waals surface area contributed by atoms with E-state index in [1.165, 1.54) is 23.5 Å². The second kappa shape index (κ2) is 4.05. The quantitative estimate of drug-likeness (QED) is 0.557. The third kappa shape index (κ3) is 2.04. The van der Waals surface area contributed by atoms with Crippen LogP contribution in [0.3, 0.4) is 0 Å². The van der Waals surface area contributed by atoms with Gasteiger partial charge in [0.05, 0.1) is 16.9 Å². The Bertz CT molecular complexity index is 464. The zero-order valence-electron chi connectivity index (χ0n) is 7.46. The molecule has 2 N–H and O–H groups in total. The lowest BCUT2D eigenvalue weighted by Gasteiger charge is -2.02. The lowest BCUT2D eigenvalue weighted by atomic mass is 9.81. The molecule has 0 bridgehead atoms. The van der Waals surface area contributed by atoms with E-state index in [1.54, 1.807) is 10.9 Å². The molecule has 4 nitrogen and oxygen atoms in total. The zero-order valence-corrected chi connectivity index (χ0v) is 8.28. The summed E-state index contributed by atoms with van der Waals surface area (Å²) >= 11 is 1.38. The minimum Gasteiger partial charge on any atom is -0.423 e. The van der Waals surface area contributed by atoms with Gasteiger partial charge < -0.3 is 10.0 Å². The number of thiazole rings is 1. The van der Waals surface area contributed by atoms with E-state index in [9.17, 15) is 4.39 Å². The van der Waals surface area contributed by atoms with Crippen molar-refractivity contribution < 1.29 is 14.4 Å². The molecule has 2 aromatic rings. The molecule has 0 aliphatic heterocycles. The van der Waals surface area contributed by atoms with E-state index in [1.807, 2.05) is 0 Å². The van der Waals surface area contributed by atoms with E-state index >= 15 is 0 Å². The molecule has 7 heteroatoms. The van der Waals surface area contributed by atoms with Crippen LogP contribution >= 0.6 is 11.3 Å². The van der Waals surface area contributed by atoms with Crippen LogP contribution in [0.4, 0.5) is 4.39 Å². The number of nitrogens with zero attached hydrogens (tertiary/aromatic N) is 2. The van der Waals surface area contributed by atoms with Crippen molar-refractivity contribution in [3.8, 4) is 11.4 Å². The Labute approximate surface area is 89.2 Å². The molecule has 0 radical (unpaired) electrons. The second-order valence-electron chi connectivity index (χ2n) is 2.82. The average molecular weight is 224 g/mol. The maximum Gasteiger partial charge on any atom is 0.493 e. The number of rotatable bonds is 2. The molecule has 15 heavy (non-hydrogen) atoms. The molecule has 2 aromatic heterocycles. The maximum absolute atomic E-state index is 13.2. The number of aromatic nitrogens is 2. The summed E-state index contributed by atoms with van der Waals surface area (Å²) in [4.78, 5) is 7.56. The SMILES string of the molecule is OB(O)c1ccc(-c2cscn2)nc1F. The fourth-order valence-electron chi connectivity index (χ4n) is 1.12. The van der Waals surface area contributed by atoms with E-state index in [4.69, 9.17) is 10.0 Å². The largest absolute Gasteiger partial charge is 0.493 e. The number of hydrogen-bond donors (Lipinski definition) is 2. The van der Waals surface area contributed by atoms with Gasteiger partial charge in [-0.15, -0.1) is 11.3 Å². The molecule has 0 spiro atoms. The normalized spacial score (nSPS) is 10.3. The van der Waals surface area contributed by atoms with Gasteiger partial charge in [0.1, 0.15) is 0 Å². The van der Waals surface area contributed by atoms with E-state index in [-0.39, 0.29) is 5.46 Å². The van der Waals surface area contributed by atoms with E-state index in [2.05, 4.69) is 9.97 Å². The van der Waals surface area contributed by atoms with Crippen LogP contribution in [0.5, 0.6) is 0 Å². The molecular formula is C8H6BFN2O2S. The summed E-state index contributed by atoms with van der Waals surface area (Å²) in [6.07, 6.45) is 0. The Hall–Kier alpha value is -1.31. The maximum atomic E-state index is 13.2. The van der Waals surface area contributed by atoms with Gasteiger partial charge in [-0.3, -0.25) is 0 Å². The van der Waals surface area contributed by atoms with Crippen molar-refractivity contribution >= 4 is 23.9 Å². The van der Waals surface area contributed by atoms with Crippen LogP contribution in [-0.2, 0) is 0 Å². The number of pyridine rings is 1. The molecule has 0 aliphatic rings. The van der Waals surface area contributed by atoms with Crippen LogP contribution in [0.1, 0.15) is 0 Å². The van der Waals surface area contributed by atoms with E-state index in [0.29, 0.717) is 11.4 Å². The highest BCUT2D eigenvalue weighted by molar-refractivity contribution is 7.07. The first kappa shape index (κ1) is 10.2. The van der Waals surface area contributed by atoms with Gasteiger partial charge in [-0.25, -0.2) is 9.97 Å². The first-order valence-electron chi connectivity index (χ1n) is 4.09. The summed E-state index contributed by atoms with van der Waals surface area (Å²) in [6.45, 7) is 0. The molecular weight excluding hydrogens is 218 g/mol. The summed E-state index contributed by atoms with van der Waals surface area (Å²) in [7, 11) is -1.85. The minimum atomic E-state index is -1.85. The van der Waals surface area contributed by atoms with Crippen LogP contribution in [0.2, 0.25) is 0 Å². The molecule has 0 atom stereocenters. The summed E-state index contributed by atoms with van der Waals surface area (Å²) in [6, 6.07) is 2.77. The Balaban J connectivity index is 2.42. The lowest BCUT2D eigenvalue weighted by molar-refractivity contribution is 0.422. The van der Waals surface area contributed by atoms with Gasteiger partial charge in [0.15, 0.2) is 0 Å². The van der Waals surface area contributed by atoms with Crippen LogP contribution in [-0.4, -0.2) is 27.1 Å². The average Bonchev–Trinajstić information content (AvgIpc) is 2.69. The molecule has 76 valence electrons. The van der Waals surface area contributed by atoms with Gasteiger partial charge >= 0.3 is 7.12 Å². The summed E-state index contributed by atoms with van der Waals surface area (Å²) in [5.41, 5.74) is 2.31. The van der Waals surface area contributed by atoms with Crippen LogP contribution in [0.25, 0.3) is 11.4 Å². The summed E-state index contributed by atoms with van der Waals surface area (Å²) in [5.74, 6) is -0.893. The van der Waals surface area contributed by atoms with Crippen molar-refractivity contribution in [2.75, 3.05) is 0 Å². The highest BCUT2D eigenvalue weighted by Gasteiger charge is 2.18. The monoisotopic (exact) mass is 224 g/mol. The molecule has 2 heterocycles. The first-order valence-corrected chi connectivity index (χ1v) is 5.04. The first-order chi connectivity index (χ1) is 7.18. The predicted molar refractivity (Wildman–Crippen MR) is 55.1 cm³/mol. The van der Waals surface area contributed by atoms with Crippen molar-refractivity contribution in [3.63, 3.8) is 0 Å². The van der Waals surface area contributed by atoms with Gasteiger partial charge in [-0.2, -0.15) is 4.39 Å². The fourth-order valence-corrected chi connectivity index (χ4v) is 1.67.